The minimum atomic E-state index is -3.77. The summed E-state index contributed by atoms with van der Waals surface area (Å²) in [5, 5.41) is 22.3. The molecule has 2 aromatic rings. The zero-order valence-electron chi connectivity index (χ0n) is 20.9. The second-order valence-electron chi connectivity index (χ2n) is 9.19. The van der Waals surface area contributed by atoms with E-state index in [1.54, 1.807) is 0 Å². The van der Waals surface area contributed by atoms with E-state index >= 15 is 0 Å². The molecule has 0 saturated carbocycles. The van der Waals surface area contributed by atoms with E-state index in [0.29, 0.717) is 25.3 Å². The number of ketones is 1. The Morgan fingerprint density at radius 3 is 2.24 bits per heavy atom. The van der Waals surface area contributed by atoms with Gasteiger partial charge in [0, 0.05) is 43.9 Å². The van der Waals surface area contributed by atoms with Crippen LogP contribution in [0.4, 0.5) is 5.69 Å². The fraction of sp³-hybridized carbons (Fsp3) is 0.360. The van der Waals surface area contributed by atoms with Gasteiger partial charge in [-0.2, -0.15) is 4.31 Å². The number of nitro groups is 1. The van der Waals surface area contributed by atoms with Crippen LogP contribution in [0.3, 0.4) is 0 Å². The molecule has 0 aromatic heterocycles. The zero-order chi connectivity index (χ0) is 27.6. The highest BCUT2D eigenvalue weighted by Gasteiger charge is 2.46. The number of benzene rings is 2. The minimum absolute atomic E-state index is 0.0225. The summed E-state index contributed by atoms with van der Waals surface area (Å²) < 4.78 is 32.4. The van der Waals surface area contributed by atoms with Gasteiger partial charge in [-0.3, -0.25) is 19.7 Å². The Kier molecular flexibility index (Phi) is 7.92. The lowest BCUT2D eigenvalue weighted by Gasteiger charge is -2.26. The number of hydrogen-bond donors (Lipinski definition) is 1. The van der Waals surface area contributed by atoms with E-state index in [0.717, 1.165) is 0 Å². The number of rotatable bonds is 8. The van der Waals surface area contributed by atoms with Crippen molar-refractivity contribution in [1.29, 1.82) is 0 Å². The first-order valence-electron chi connectivity index (χ1n) is 11.9. The Labute approximate surface area is 219 Å². The van der Waals surface area contributed by atoms with Crippen molar-refractivity contribution in [2.75, 3.05) is 53.5 Å². The number of carbonyl (C=O) groups excluding carboxylic acids is 2. The summed E-state index contributed by atoms with van der Waals surface area (Å²) in [7, 11) is -0.147. The highest BCUT2D eigenvalue weighted by Crippen LogP contribution is 2.39. The first kappa shape index (κ1) is 27.4. The smallest absolute Gasteiger partial charge is 0.295 e. The molecule has 202 valence electrons. The van der Waals surface area contributed by atoms with Crippen molar-refractivity contribution in [3.05, 3.63) is 75.3 Å². The summed E-state index contributed by atoms with van der Waals surface area (Å²) in [5.74, 6) is -2.16. The Hall–Kier alpha value is -3.65. The maximum Gasteiger partial charge on any atom is 0.295 e. The van der Waals surface area contributed by atoms with Crippen LogP contribution in [0.5, 0.6) is 0 Å². The van der Waals surface area contributed by atoms with Crippen LogP contribution >= 0.6 is 0 Å². The number of aliphatic hydroxyl groups excluding tert-OH is 1. The number of Topliss-reactive ketones (excluding diaryl/α,β-unsaturated/α-hetero) is 1. The Morgan fingerprint density at radius 2 is 1.68 bits per heavy atom. The van der Waals surface area contributed by atoms with Gasteiger partial charge in [-0.15, -0.1) is 0 Å². The molecule has 0 aliphatic carbocycles. The molecule has 2 aliphatic rings. The monoisotopic (exact) mass is 544 g/mol. The SMILES string of the molecule is CN(C)CCN1C(=O)C(=O)C(=C(O)c2ccc(S(=O)(=O)N3CCOCC3)cc2)C1c1ccc([N+](=O)[O-])cc1. The van der Waals surface area contributed by atoms with Crippen molar-refractivity contribution in [2.45, 2.75) is 10.9 Å². The van der Waals surface area contributed by atoms with Gasteiger partial charge in [-0.1, -0.05) is 0 Å². The number of likely N-dealkylation sites (tertiary alicyclic amines) is 1. The van der Waals surface area contributed by atoms with Gasteiger partial charge in [0.05, 0.1) is 34.6 Å². The molecule has 2 aliphatic heterocycles. The molecule has 2 saturated heterocycles. The van der Waals surface area contributed by atoms with Gasteiger partial charge in [0.2, 0.25) is 10.0 Å². The second-order valence-corrected chi connectivity index (χ2v) is 11.1. The first-order chi connectivity index (χ1) is 18.0. The van der Waals surface area contributed by atoms with Gasteiger partial charge in [0.1, 0.15) is 5.76 Å². The van der Waals surface area contributed by atoms with Crippen molar-refractivity contribution in [2.24, 2.45) is 0 Å². The number of likely N-dealkylation sites (N-methyl/N-ethyl adjacent to an activating group) is 1. The molecule has 2 fully saturated rings. The molecule has 13 heteroatoms. The summed E-state index contributed by atoms with van der Waals surface area (Å²) in [6.07, 6.45) is 0. The zero-order valence-corrected chi connectivity index (χ0v) is 21.8. The number of nitro benzene ring substituents is 1. The Morgan fingerprint density at radius 1 is 1.08 bits per heavy atom. The van der Waals surface area contributed by atoms with Crippen molar-refractivity contribution >= 4 is 33.2 Å². The molecular weight excluding hydrogens is 516 g/mol. The highest BCUT2D eigenvalue weighted by atomic mass is 32.2. The lowest BCUT2D eigenvalue weighted by atomic mass is 9.95. The predicted molar refractivity (Wildman–Crippen MR) is 137 cm³/mol. The maximum atomic E-state index is 13.1. The topological polar surface area (TPSA) is 151 Å². The van der Waals surface area contributed by atoms with Gasteiger partial charge >= 0.3 is 0 Å². The van der Waals surface area contributed by atoms with E-state index in [1.807, 2.05) is 19.0 Å². The van der Waals surface area contributed by atoms with Crippen LogP contribution < -0.4 is 0 Å². The Bertz CT molecular complexity index is 1370. The molecule has 2 aromatic carbocycles. The lowest BCUT2D eigenvalue weighted by molar-refractivity contribution is -0.384. The third kappa shape index (κ3) is 5.31. The van der Waals surface area contributed by atoms with Crippen LogP contribution in [0, 0.1) is 10.1 Å². The molecule has 1 N–H and O–H groups in total. The number of nitrogens with zero attached hydrogens (tertiary/aromatic N) is 4. The largest absolute Gasteiger partial charge is 0.507 e. The molecule has 1 unspecified atom stereocenters. The summed E-state index contributed by atoms with van der Waals surface area (Å²) in [6.45, 7) is 1.67. The molecule has 4 rings (SSSR count). The quantitative estimate of drug-likeness (QED) is 0.172. The van der Waals surface area contributed by atoms with Gasteiger partial charge in [0.25, 0.3) is 17.4 Å². The van der Waals surface area contributed by atoms with Gasteiger partial charge in [0.15, 0.2) is 0 Å². The van der Waals surface area contributed by atoms with E-state index < -0.39 is 38.4 Å². The van der Waals surface area contributed by atoms with Gasteiger partial charge in [-0.25, -0.2) is 8.42 Å². The van der Waals surface area contributed by atoms with Crippen molar-refractivity contribution < 1.29 is 32.8 Å². The fourth-order valence-electron chi connectivity index (χ4n) is 4.42. The molecular formula is C25H28N4O8S. The van der Waals surface area contributed by atoms with Crippen LogP contribution in [-0.2, 0) is 24.3 Å². The van der Waals surface area contributed by atoms with Gasteiger partial charge in [-0.05, 0) is 56.1 Å². The van der Waals surface area contributed by atoms with E-state index in [4.69, 9.17) is 4.74 Å². The molecule has 0 bridgehead atoms. The van der Waals surface area contributed by atoms with E-state index in [9.17, 15) is 33.2 Å². The number of carbonyl (C=O) groups is 2. The third-order valence-corrected chi connectivity index (χ3v) is 8.40. The summed E-state index contributed by atoms with van der Waals surface area (Å²) in [4.78, 5) is 39.9. The number of aliphatic hydroxyl groups is 1. The molecule has 2 heterocycles. The standard InChI is InChI=1S/C25H28N4O8S/c1-26(2)11-12-28-22(17-3-7-19(8-4-17)29(33)34)21(24(31)25(28)32)23(30)18-5-9-20(10-6-18)38(35,36)27-13-15-37-16-14-27/h3-10,22,30H,11-16H2,1-2H3. The molecule has 38 heavy (non-hydrogen) atoms. The van der Waals surface area contributed by atoms with E-state index in [-0.39, 0.29) is 41.4 Å². The van der Waals surface area contributed by atoms with E-state index in [1.165, 1.54) is 57.7 Å². The van der Waals surface area contributed by atoms with Crippen LogP contribution in [0.15, 0.2) is 59.0 Å². The van der Waals surface area contributed by atoms with E-state index in [2.05, 4.69) is 0 Å². The van der Waals surface area contributed by atoms with Crippen molar-refractivity contribution in [3.8, 4) is 0 Å². The molecule has 12 nitrogen and oxygen atoms in total. The number of morpholine rings is 1. The summed E-state index contributed by atoms with van der Waals surface area (Å²) in [6, 6.07) is 9.88. The first-order valence-corrected chi connectivity index (χ1v) is 13.3. The van der Waals surface area contributed by atoms with Crippen molar-refractivity contribution in [3.63, 3.8) is 0 Å². The Balaban J connectivity index is 1.74. The molecule has 0 radical (unpaired) electrons. The number of ether oxygens (including phenoxy) is 1. The second kappa shape index (κ2) is 11.0. The number of amides is 1. The van der Waals surface area contributed by atoms with Crippen LogP contribution in [0.25, 0.3) is 5.76 Å². The maximum absolute atomic E-state index is 13.1. The lowest BCUT2D eigenvalue weighted by Crippen LogP contribution is -2.40. The number of non-ortho nitro benzene ring substituents is 1. The van der Waals surface area contributed by atoms with Crippen molar-refractivity contribution in [1.82, 2.24) is 14.1 Å². The average Bonchev–Trinajstić information content (AvgIpc) is 3.17. The molecule has 1 atom stereocenters. The van der Waals surface area contributed by atoms with Crippen LogP contribution in [-0.4, -0.2) is 97.7 Å². The molecule has 0 spiro atoms. The normalized spacial score (nSPS) is 20.3. The average molecular weight is 545 g/mol. The fourth-order valence-corrected chi connectivity index (χ4v) is 5.83. The number of hydrogen-bond acceptors (Lipinski definition) is 9. The highest BCUT2D eigenvalue weighted by molar-refractivity contribution is 7.89. The van der Waals surface area contributed by atoms with Gasteiger partial charge < -0.3 is 19.6 Å². The van der Waals surface area contributed by atoms with Crippen LogP contribution in [0.2, 0.25) is 0 Å². The predicted octanol–water partition coefficient (Wildman–Crippen LogP) is 1.60. The minimum Gasteiger partial charge on any atom is -0.507 e. The van der Waals surface area contributed by atoms with Crippen LogP contribution in [0.1, 0.15) is 17.2 Å². The summed E-state index contributed by atoms with van der Waals surface area (Å²) in [5.41, 5.74) is 0.243. The number of sulfonamides is 1. The molecule has 1 amide bonds. The summed E-state index contributed by atoms with van der Waals surface area (Å²) >= 11 is 0. The third-order valence-electron chi connectivity index (χ3n) is 6.48.